The summed E-state index contributed by atoms with van der Waals surface area (Å²) in [6, 6.07) is 7.27. The Labute approximate surface area is 269 Å². The van der Waals surface area contributed by atoms with E-state index in [9.17, 15) is 9.59 Å². The first-order valence-electron chi connectivity index (χ1n) is 13.7. The van der Waals surface area contributed by atoms with Gasteiger partial charge in [0.2, 0.25) is 5.91 Å². The highest BCUT2D eigenvalue weighted by Crippen LogP contribution is 2.28. The Hall–Kier alpha value is -2.91. The molecule has 0 bridgehead atoms. The number of amides is 2. The van der Waals surface area contributed by atoms with Crippen molar-refractivity contribution in [1.29, 1.82) is 0 Å². The Morgan fingerprint density at radius 1 is 1.07 bits per heavy atom. The average molecular weight is 696 g/mol. The molecule has 0 spiro atoms. The number of nitrogens with zero attached hydrogens (tertiary/aromatic N) is 3. The molecule has 0 saturated heterocycles. The van der Waals surface area contributed by atoms with Gasteiger partial charge in [0, 0.05) is 41.5 Å². The standard InChI is InChI=1S/C29H34BrCl2N7O2S/c1-19-9-7-11-22(32)27(19)39-28(41)23-18-35-29(42-23)38-25-17-24(36-20(2)37-25)33-15-5-3-4-6-16-34-26(40)12-8-10-21(31)13-14-30/h7,9,11,17-18,21H,3-6,8,10,12,15-16H2,1-2H3,(H,34,40)(H,39,41)(H2,33,35,36,37,38). The van der Waals surface area contributed by atoms with E-state index >= 15 is 0 Å². The molecule has 9 nitrogen and oxygen atoms in total. The van der Waals surface area contributed by atoms with Crippen LogP contribution in [0.5, 0.6) is 0 Å². The van der Waals surface area contributed by atoms with E-state index in [0.717, 1.165) is 44.2 Å². The van der Waals surface area contributed by atoms with E-state index < -0.39 is 0 Å². The van der Waals surface area contributed by atoms with Gasteiger partial charge in [0.05, 0.1) is 22.3 Å². The third-order valence-corrected chi connectivity index (χ3v) is 7.85. The molecule has 2 aromatic heterocycles. The number of thiazole rings is 1. The number of nitrogens with one attached hydrogen (secondary N) is 4. The van der Waals surface area contributed by atoms with Crippen LogP contribution in [0.4, 0.5) is 22.5 Å². The lowest BCUT2D eigenvalue weighted by atomic mass is 10.1. The first-order valence-corrected chi connectivity index (χ1v) is 16.1. The largest absolute Gasteiger partial charge is 0.370 e. The molecule has 0 fully saturated rings. The number of alkyl halides is 1. The molecule has 2 heterocycles. The molecule has 13 heteroatoms. The quantitative estimate of drug-likeness (QED) is 0.0700. The van der Waals surface area contributed by atoms with Crippen LogP contribution in [0.3, 0.4) is 0 Å². The number of halogens is 3. The van der Waals surface area contributed by atoms with Gasteiger partial charge in [-0.2, -0.15) is 0 Å². The summed E-state index contributed by atoms with van der Waals surface area (Å²) in [5.74, 6) is 4.48. The number of carbonyl (C=O) groups excluding carboxylic acids is 2. The number of hydrogen-bond acceptors (Lipinski definition) is 8. The Morgan fingerprint density at radius 3 is 2.60 bits per heavy atom. The van der Waals surface area contributed by atoms with Crippen molar-refractivity contribution >= 4 is 84.7 Å². The van der Waals surface area contributed by atoms with Crippen molar-refractivity contribution in [2.75, 3.05) is 29.0 Å². The Bertz CT molecular complexity index is 1390. The van der Waals surface area contributed by atoms with Gasteiger partial charge in [-0.1, -0.05) is 53.8 Å². The molecule has 0 radical (unpaired) electrons. The minimum absolute atomic E-state index is 0.0558. The van der Waals surface area contributed by atoms with E-state index in [1.807, 2.05) is 32.0 Å². The molecule has 1 unspecified atom stereocenters. The number of aromatic nitrogens is 3. The summed E-state index contributed by atoms with van der Waals surface area (Å²) < 4.78 is 0. The molecule has 0 saturated carbocycles. The third-order valence-electron chi connectivity index (χ3n) is 6.07. The van der Waals surface area contributed by atoms with E-state index in [0.29, 0.717) is 57.6 Å². The monoisotopic (exact) mass is 693 g/mol. The van der Waals surface area contributed by atoms with Crippen molar-refractivity contribution in [2.24, 2.45) is 0 Å². The van der Waals surface area contributed by atoms with E-state index in [1.165, 1.54) is 17.5 Å². The van der Waals surface area contributed by atoms with Crippen LogP contribution in [0.15, 0.2) is 30.5 Å². The van der Waals surface area contributed by atoms with E-state index in [2.05, 4.69) is 62.9 Å². The van der Waals surface area contributed by atoms with Crippen molar-refractivity contribution in [2.45, 2.75) is 64.2 Å². The summed E-state index contributed by atoms with van der Waals surface area (Å²) in [6.45, 7) is 5.15. The second-order valence-electron chi connectivity index (χ2n) is 9.52. The SMILES string of the molecule is Cc1nc(NCCCCCCNC(=O)CCCC(Cl)C#CBr)cc(Nc2ncc(C(=O)Nc3c(C)cccc3Cl)s2)n1. The molecule has 224 valence electrons. The van der Waals surface area contributed by atoms with E-state index in [1.54, 1.807) is 6.07 Å². The number of unbranched alkanes of at least 4 members (excludes halogenated alkanes) is 3. The molecule has 2 amide bonds. The summed E-state index contributed by atoms with van der Waals surface area (Å²) in [6.07, 6.45) is 7.37. The van der Waals surface area contributed by atoms with Gasteiger partial charge in [-0.15, -0.1) is 11.6 Å². The third kappa shape index (κ3) is 11.8. The number of para-hydroxylation sites is 1. The smallest absolute Gasteiger partial charge is 0.267 e. The molecular weight excluding hydrogens is 661 g/mol. The highest BCUT2D eigenvalue weighted by molar-refractivity contribution is 9.12. The number of carbonyl (C=O) groups is 2. The number of hydrogen-bond donors (Lipinski definition) is 4. The van der Waals surface area contributed by atoms with Crippen molar-refractivity contribution in [1.82, 2.24) is 20.3 Å². The number of rotatable bonds is 16. The fourth-order valence-corrected chi connectivity index (χ4v) is 5.55. The van der Waals surface area contributed by atoms with Crippen molar-refractivity contribution in [3.8, 4) is 10.8 Å². The lowest BCUT2D eigenvalue weighted by Gasteiger charge is -2.09. The number of anilines is 4. The van der Waals surface area contributed by atoms with Gasteiger partial charge in [0.15, 0.2) is 5.13 Å². The second-order valence-corrected chi connectivity index (χ2v) is 11.9. The maximum absolute atomic E-state index is 12.7. The second kappa shape index (κ2) is 17.9. The summed E-state index contributed by atoms with van der Waals surface area (Å²) >= 11 is 16.5. The Morgan fingerprint density at radius 2 is 1.83 bits per heavy atom. The van der Waals surface area contributed by atoms with Crippen LogP contribution in [-0.4, -0.2) is 45.2 Å². The van der Waals surface area contributed by atoms with Gasteiger partial charge < -0.3 is 21.3 Å². The van der Waals surface area contributed by atoms with E-state index in [4.69, 9.17) is 23.2 Å². The van der Waals surface area contributed by atoms with E-state index in [-0.39, 0.29) is 17.2 Å². The van der Waals surface area contributed by atoms with Gasteiger partial charge >= 0.3 is 0 Å². The fourth-order valence-electron chi connectivity index (χ4n) is 3.94. The summed E-state index contributed by atoms with van der Waals surface area (Å²) in [5.41, 5.74) is 1.47. The Balaban J connectivity index is 1.35. The summed E-state index contributed by atoms with van der Waals surface area (Å²) in [7, 11) is 0. The summed E-state index contributed by atoms with van der Waals surface area (Å²) in [5, 5.41) is 13.1. The molecule has 4 N–H and O–H groups in total. The van der Waals surface area contributed by atoms with Gasteiger partial charge in [0.25, 0.3) is 5.91 Å². The molecule has 0 aliphatic heterocycles. The van der Waals surface area contributed by atoms with Crippen LogP contribution in [-0.2, 0) is 4.79 Å². The predicted molar refractivity (Wildman–Crippen MR) is 176 cm³/mol. The molecule has 42 heavy (non-hydrogen) atoms. The zero-order chi connectivity index (χ0) is 30.3. The lowest BCUT2D eigenvalue weighted by Crippen LogP contribution is -2.24. The minimum atomic E-state index is -0.280. The van der Waals surface area contributed by atoms with Crippen LogP contribution < -0.4 is 21.3 Å². The lowest BCUT2D eigenvalue weighted by molar-refractivity contribution is -0.121. The van der Waals surface area contributed by atoms with Crippen LogP contribution in [0.25, 0.3) is 0 Å². The highest BCUT2D eigenvalue weighted by atomic mass is 79.9. The molecule has 3 aromatic rings. The molecule has 3 rings (SSSR count). The number of aryl methyl sites for hydroxylation is 2. The van der Waals surface area contributed by atoms with Gasteiger partial charge in [-0.3, -0.25) is 9.59 Å². The topological polar surface area (TPSA) is 121 Å². The maximum atomic E-state index is 12.7. The zero-order valence-corrected chi connectivity index (χ0v) is 27.4. The minimum Gasteiger partial charge on any atom is -0.370 e. The molecule has 0 aliphatic rings. The average Bonchev–Trinajstić information content (AvgIpc) is 3.40. The van der Waals surface area contributed by atoms with Crippen LogP contribution >= 0.6 is 50.5 Å². The van der Waals surface area contributed by atoms with Crippen LogP contribution in [0, 0.1) is 24.6 Å². The fraction of sp³-hybridized carbons (Fsp3) is 0.414. The summed E-state index contributed by atoms with van der Waals surface area (Å²) in [4.78, 5) is 40.9. The van der Waals surface area contributed by atoms with Crippen LogP contribution in [0.1, 0.15) is 66.0 Å². The van der Waals surface area contributed by atoms with Gasteiger partial charge in [-0.05, 0) is 56.0 Å². The zero-order valence-electron chi connectivity index (χ0n) is 23.5. The predicted octanol–water partition coefficient (Wildman–Crippen LogP) is 7.42. The highest BCUT2D eigenvalue weighted by Gasteiger charge is 2.14. The van der Waals surface area contributed by atoms with Crippen molar-refractivity contribution in [3.05, 3.63) is 51.7 Å². The number of benzene rings is 1. The molecule has 0 aliphatic carbocycles. The normalized spacial score (nSPS) is 11.3. The molecular formula is C29H34BrCl2N7O2S. The van der Waals surface area contributed by atoms with Gasteiger partial charge in [-0.25, -0.2) is 15.0 Å². The molecule has 1 atom stereocenters. The first kappa shape index (κ1) is 33.6. The van der Waals surface area contributed by atoms with Crippen molar-refractivity contribution < 1.29 is 9.59 Å². The molecule has 1 aromatic carbocycles. The first-order chi connectivity index (χ1) is 20.2. The Kier molecular flexibility index (Phi) is 14.3. The maximum Gasteiger partial charge on any atom is 0.267 e. The van der Waals surface area contributed by atoms with Crippen molar-refractivity contribution in [3.63, 3.8) is 0 Å². The van der Waals surface area contributed by atoms with Crippen LogP contribution in [0.2, 0.25) is 5.02 Å². The van der Waals surface area contributed by atoms with Gasteiger partial charge in [0.1, 0.15) is 22.3 Å².